The maximum absolute atomic E-state index is 10.8. The van der Waals surface area contributed by atoms with Crippen molar-refractivity contribution in [1.29, 1.82) is 0 Å². The summed E-state index contributed by atoms with van der Waals surface area (Å²) < 4.78 is 288. The molecule has 3 aromatic heterocycles. The zero-order valence-electron chi connectivity index (χ0n) is 67.3. The number of hydrogen-bond acceptors (Lipinski definition) is 2. The van der Waals surface area contributed by atoms with Crippen LogP contribution in [0, 0.1) is 18.5 Å². The van der Waals surface area contributed by atoms with Gasteiger partial charge in [0.25, 0.3) is 6.33 Å². The molecular formula is C66H54N4OPt-2. The van der Waals surface area contributed by atoms with Gasteiger partial charge < -0.3 is 13.9 Å². The molecule has 0 fully saturated rings. The molecule has 0 amide bonds. The van der Waals surface area contributed by atoms with Crippen molar-refractivity contribution in [3.05, 3.63) is 211 Å². The van der Waals surface area contributed by atoms with Crippen LogP contribution in [0.4, 0.5) is 0 Å². The van der Waals surface area contributed by atoms with E-state index in [9.17, 15) is 35.6 Å². The molecule has 6 heteroatoms. The normalized spacial score (nSPS) is 22.2. The van der Waals surface area contributed by atoms with Crippen molar-refractivity contribution in [2.24, 2.45) is 0 Å². The van der Waals surface area contributed by atoms with Crippen molar-refractivity contribution in [1.82, 2.24) is 14.1 Å². The third-order valence-corrected chi connectivity index (χ3v) is 12.9. The Kier molecular flexibility index (Phi) is 5.61. The Hall–Kier alpha value is -7.33. The van der Waals surface area contributed by atoms with Crippen molar-refractivity contribution in [2.75, 3.05) is 0 Å². The van der Waals surface area contributed by atoms with Gasteiger partial charge in [0.2, 0.25) is 0 Å². The topological polar surface area (TPSA) is 35.9 Å². The summed E-state index contributed by atoms with van der Waals surface area (Å²) in [7, 11) is 0. The molecule has 8 aromatic carbocycles. The molecule has 0 N–H and O–H groups in total. The number of ether oxygens (including phenoxy) is 1. The molecule has 72 heavy (non-hydrogen) atoms. The number of fused-ring (bicyclic) bond motifs is 13. The summed E-state index contributed by atoms with van der Waals surface area (Å²) >= 11 is 0. The van der Waals surface area contributed by atoms with E-state index in [-0.39, 0.29) is 54.7 Å². The van der Waals surface area contributed by atoms with Crippen LogP contribution in [-0.2, 0) is 37.3 Å². The summed E-state index contributed by atoms with van der Waals surface area (Å²) in [6.07, 6.45) is -5.01. The van der Waals surface area contributed by atoms with Gasteiger partial charge in [-0.25, -0.2) is 4.98 Å². The Balaban J connectivity index is 0.00000965. The van der Waals surface area contributed by atoms with Crippen LogP contribution in [0.3, 0.4) is 0 Å². The molecule has 0 bridgehead atoms. The zero-order valence-corrected chi connectivity index (χ0v) is 40.5. The Bertz CT molecular complexity index is 5380. The average molecular weight is 1140 g/mol. The first kappa shape index (κ1) is 23.9. The first-order valence-corrected chi connectivity index (χ1v) is 22.4. The maximum atomic E-state index is 10.8. The van der Waals surface area contributed by atoms with Gasteiger partial charge in [0, 0.05) is 71.8 Å². The van der Waals surface area contributed by atoms with Crippen molar-refractivity contribution >= 4 is 32.8 Å². The van der Waals surface area contributed by atoms with Gasteiger partial charge >= 0.3 is 0 Å². The van der Waals surface area contributed by atoms with Crippen LogP contribution in [-0.4, -0.2) is 14.1 Å². The molecule has 0 aliphatic heterocycles. The van der Waals surface area contributed by atoms with E-state index in [4.69, 9.17) is 13.8 Å². The molecule has 11 aromatic rings. The monoisotopic (exact) mass is 1140 g/mol. The summed E-state index contributed by atoms with van der Waals surface area (Å²) in [5.41, 5.74) is -21.2. The third-order valence-electron chi connectivity index (χ3n) is 12.9. The second kappa shape index (κ2) is 16.9. The Morgan fingerprint density at radius 3 is 2.00 bits per heavy atom. The number of aromatic nitrogens is 4. The van der Waals surface area contributed by atoms with Gasteiger partial charge in [-0.3, -0.25) is 4.57 Å². The van der Waals surface area contributed by atoms with E-state index in [1.807, 2.05) is 47.0 Å². The molecule has 0 atom stereocenters. The molecule has 0 unspecified atom stereocenters. The average Bonchev–Trinajstić information content (AvgIpc) is 0.750. The minimum atomic E-state index is -4.87. The Morgan fingerprint density at radius 2 is 1.29 bits per heavy atom. The van der Waals surface area contributed by atoms with E-state index in [0.29, 0.717) is 11.3 Å². The zero-order chi connectivity index (χ0) is 73.3. The van der Waals surface area contributed by atoms with Gasteiger partial charge in [0.05, 0.1) is 34.5 Å². The van der Waals surface area contributed by atoms with Gasteiger partial charge in [0.15, 0.2) is 0 Å². The first-order chi connectivity index (χ1) is 46.3. The number of para-hydroxylation sites is 3. The van der Waals surface area contributed by atoms with Crippen molar-refractivity contribution in [3.8, 4) is 73.2 Å². The molecular weight excluding hydrogens is 1060 g/mol. The van der Waals surface area contributed by atoms with Crippen LogP contribution in [0.15, 0.2) is 176 Å². The standard InChI is InChI=1S/C66H54N4O.Pt/c1-64(2,3)42-33-36-67-60(37-42)70-56-28-15-14-26-51(56)52-32-31-45(39-59(52)70)71-44-20-18-19-43(38-44)68-41-69(58-30-17-16-29-57(58)68)63-61-53-27-13-12-24-49(53)47-22-9-8-21-46(47)48-23-10-11-25-50(48)54(61)40-55-62(63)66(6,7)35-34-65(55,4)5;/h8-33,36-37,40H,34-35H2,1-7H3;/q-2;/i4D3,5D3,6D3,7D3,8D,9D,10D,11D,12D,13D,21D,22D,23D,24D,25D,27D,34D2,35D2,40D;. The summed E-state index contributed by atoms with van der Waals surface area (Å²) in [4.78, 5) is 4.76. The van der Waals surface area contributed by atoms with Crippen molar-refractivity contribution in [2.45, 2.75) is 77.2 Å². The Labute approximate surface area is 477 Å². The fraction of sp³-hybridized carbons (Fsp3) is 0.182. The van der Waals surface area contributed by atoms with Crippen molar-refractivity contribution < 1.29 is 70.1 Å². The largest absolute Gasteiger partial charge is 0.510 e. The second-order valence-electron chi connectivity index (χ2n) is 18.3. The molecule has 5 nitrogen and oxygen atoms in total. The molecule has 356 valence electrons. The summed E-state index contributed by atoms with van der Waals surface area (Å²) in [5, 5.41) is 1.65. The van der Waals surface area contributed by atoms with E-state index in [2.05, 4.69) is 39.2 Å². The smallest absolute Gasteiger partial charge is 0.268 e. The van der Waals surface area contributed by atoms with Gasteiger partial charge in [-0.1, -0.05) is 175 Å². The summed E-state index contributed by atoms with van der Waals surface area (Å²) in [5.74, 6) is 0.701. The van der Waals surface area contributed by atoms with Crippen molar-refractivity contribution in [3.63, 3.8) is 0 Å². The van der Waals surface area contributed by atoms with E-state index in [0.717, 1.165) is 26.4 Å². The first-order valence-electron chi connectivity index (χ1n) is 36.9. The van der Waals surface area contributed by atoms with Gasteiger partial charge in [-0.05, 0) is 114 Å². The predicted octanol–water partition coefficient (Wildman–Crippen LogP) is 16.2. The van der Waals surface area contributed by atoms with E-state index in [1.54, 1.807) is 12.3 Å². The number of imidazole rings is 1. The fourth-order valence-corrected chi connectivity index (χ4v) is 9.62. The van der Waals surface area contributed by atoms with Gasteiger partial charge in [0.1, 0.15) is 5.82 Å². The molecule has 3 heterocycles. The predicted molar refractivity (Wildman–Crippen MR) is 289 cm³/mol. The quantitative estimate of drug-likeness (QED) is 0.127. The van der Waals surface area contributed by atoms with Crippen LogP contribution in [0.5, 0.6) is 11.5 Å². The minimum absolute atomic E-state index is 0. The number of hydrogen-bond donors (Lipinski definition) is 0. The summed E-state index contributed by atoms with van der Waals surface area (Å²) in [6.45, 7) is -12.1. The molecule has 13 rings (SSSR count). The maximum Gasteiger partial charge on any atom is 0.268 e. The number of benzene rings is 8. The van der Waals surface area contributed by atoms with Gasteiger partial charge in [-0.2, -0.15) is 18.2 Å². The minimum Gasteiger partial charge on any atom is -0.510 e. The van der Waals surface area contributed by atoms with Crippen LogP contribution < -0.4 is 9.30 Å². The third kappa shape index (κ3) is 7.22. The Morgan fingerprint density at radius 1 is 0.667 bits per heavy atom. The van der Waals surface area contributed by atoms with E-state index < -0.39 is 191 Å². The number of nitrogens with zero attached hydrogens (tertiary/aromatic N) is 4. The molecule has 2 aliphatic carbocycles. The molecule has 0 saturated carbocycles. The molecule has 0 saturated heterocycles. The fourth-order valence-electron chi connectivity index (χ4n) is 9.62. The second-order valence-corrected chi connectivity index (χ2v) is 18.3. The molecule has 0 radical (unpaired) electrons. The van der Waals surface area contributed by atoms with Crippen LogP contribution in [0.1, 0.15) is 117 Å². The van der Waals surface area contributed by atoms with Gasteiger partial charge in [-0.15, -0.1) is 29.7 Å². The number of rotatable bonds is 5. The van der Waals surface area contributed by atoms with E-state index in [1.165, 1.54) is 47.0 Å². The summed E-state index contributed by atoms with van der Waals surface area (Å²) in [6, 6.07) is 15.7. The SMILES string of the molecule is [2H]c1c([2H])c([2H])c2c(c1[2H])-c1c([2H])c([2H])c([2H])c([2H])c1-c1c([2H])c3c(c(-[n+]4[c-]n(-c5[c-]c(Oc6[c-]c7c(cc6)c6ccccc6n7-c6cc(C(C)(C)C)ccn6)ccc5)c5ccccc54)c1-c1c([2H])c([2H])c([2H])c([2H])c1-2)C(C([2H])([2H])[2H])(C([2H])([2H])[2H])C([2H])([2H])C([2H])([2H])C3(C([2H])([2H])[2H])C([2H])([2H])[2H].[Pt]. The van der Waals surface area contributed by atoms with Crippen LogP contribution >= 0.6 is 0 Å². The molecule has 0 spiro atoms. The molecule has 2 aliphatic rings. The number of pyridine rings is 1. The van der Waals surface area contributed by atoms with E-state index >= 15 is 0 Å². The van der Waals surface area contributed by atoms with Crippen LogP contribution in [0.2, 0.25) is 0 Å². The van der Waals surface area contributed by atoms with Crippen LogP contribution in [0.25, 0.3) is 94.5 Å².